The fourth-order valence-electron chi connectivity index (χ4n) is 1.08. The van der Waals surface area contributed by atoms with Crippen LogP contribution in [0.1, 0.15) is 29.9 Å². The number of carbonyl (C=O) groups excluding carboxylic acids is 1. The highest BCUT2D eigenvalue weighted by atomic mass is 79.9. The molecular weight excluding hydrogens is 248 g/mol. The maximum absolute atomic E-state index is 11.6. The zero-order valence-electron chi connectivity index (χ0n) is 8.45. The summed E-state index contributed by atoms with van der Waals surface area (Å²) in [7, 11) is 1.78. The summed E-state index contributed by atoms with van der Waals surface area (Å²) < 4.78 is 6.68. The lowest BCUT2D eigenvalue weighted by Gasteiger charge is -2.06. The van der Waals surface area contributed by atoms with Crippen LogP contribution in [0.4, 0.5) is 0 Å². The maximum Gasteiger partial charge on any atom is 0.341 e. The second-order valence-electron chi connectivity index (χ2n) is 3.25. The number of halogens is 1. The number of aryl methyl sites for hydroxylation is 1. The molecule has 14 heavy (non-hydrogen) atoms. The summed E-state index contributed by atoms with van der Waals surface area (Å²) in [5.74, 6) is -0.317. The summed E-state index contributed by atoms with van der Waals surface area (Å²) >= 11 is 3.27. The van der Waals surface area contributed by atoms with Crippen molar-refractivity contribution in [3.63, 3.8) is 0 Å². The van der Waals surface area contributed by atoms with Crippen molar-refractivity contribution in [2.45, 2.75) is 25.3 Å². The Morgan fingerprint density at radius 2 is 2.36 bits per heavy atom. The van der Waals surface area contributed by atoms with E-state index in [1.807, 2.05) is 13.8 Å². The first-order valence-corrected chi connectivity index (χ1v) is 5.46. The Morgan fingerprint density at radius 1 is 1.71 bits per heavy atom. The van der Waals surface area contributed by atoms with E-state index in [9.17, 15) is 4.79 Å². The number of carbonyl (C=O) groups is 1. The second-order valence-corrected chi connectivity index (χ2v) is 3.81. The van der Waals surface area contributed by atoms with Crippen molar-refractivity contribution in [2.24, 2.45) is 7.05 Å². The van der Waals surface area contributed by atoms with Crippen LogP contribution in [-0.2, 0) is 17.1 Å². The van der Waals surface area contributed by atoms with Gasteiger partial charge >= 0.3 is 5.97 Å². The van der Waals surface area contributed by atoms with Gasteiger partial charge in [0.25, 0.3) is 0 Å². The summed E-state index contributed by atoms with van der Waals surface area (Å²) in [6.07, 6.45) is 1.56. The van der Waals surface area contributed by atoms with Crippen molar-refractivity contribution in [3.05, 3.63) is 17.5 Å². The van der Waals surface area contributed by atoms with E-state index < -0.39 is 0 Å². The van der Waals surface area contributed by atoms with E-state index in [1.54, 1.807) is 17.9 Å². The minimum Gasteiger partial charge on any atom is -0.459 e. The van der Waals surface area contributed by atoms with Crippen LogP contribution in [0.3, 0.4) is 0 Å². The average molecular weight is 261 g/mol. The first kappa shape index (κ1) is 11.2. The molecule has 0 aromatic carbocycles. The number of aromatic nitrogens is 2. The number of nitrogens with zero attached hydrogens (tertiary/aromatic N) is 2. The van der Waals surface area contributed by atoms with Gasteiger partial charge in [0.1, 0.15) is 5.56 Å². The molecule has 0 fully saturated rings. The predicted molar refractivity (Wildman–Crippen MR) is 56.4 cm³/mol. The largest absolute Gasteiger partial charge is 0.459 e. The Kier molecular flexibility index (Phi) is 3.69. The maximum atomic E-state index is 11.6. The lowest BCUT2D eigenvalue weighted by atomic mass is 10.3. The highest BCUT2D eigenvalue weighted by Gasteiger charge is 2.16. The van der Waals surface area contributed by atoms with Crippen molar-refractivity contribution < 1.29 is 9.53 Å². The third-order valence-corrected chi connectivity index (χ3v) is 2.13. The van der Waals surface area contributed by atoms with Gasteiger partial charge in [-0.05, 0) is 13.8 Å². The third-order valence-electron chi connectivity index (χ3n) is 1.59. The zero-order chi connectivity index (χ0) is 10.7. The summed E-state index contributed by atoms with van der Waals surface area (Å²) in [5.41, 5.74) is 1.23. The normalized spacial score (nSPS) is 10.6. The Balaban J connectivity index is 2.88. The first-order valence-electron chi connectivity index (χ1n) is 4.34. The number of alkyl halides is 1. The standard InChI is InChI=1S/C9H13BrN2O2/c1-6(2)14-9(13)7-5-12(3)11-8(7)4-10/h5-6H,4H2,1-3H3. The average Bonchev–Trinajstić information content (AvgIpc) is 2.45. The topological polar surface area (TPSA) is 44.1 Å². The molecule has 0 aliphatic carbocycles. The molecule has 0 aliphatic rings. The van der Waals surface area contributed by atoms with Crippen molar-refractivity contribution in [1.29, 1.82) is 0 Å². The molecular formula is C9H13BrN2O2. The number of esters is 1. The number of hydrogen-bond acceptors (Lipinski definition) is 3. The SMILES string of the molecule is CC(C)OC(=O)c1cn(C)nc1CBr. The van der Waals surface area contributed by atoms with E-state index in [-0.39, 0.29) is 12.1 Å². The highest BCUT2D eigenvalue weighted by Crippen LogP contribution is 2.12. The van der Waals surface area contributed by atoms with Gasteiger partial charge in [-0.3, -0.25) is 4.68 Å². The Morgan fingerprint density at radius 3 is 2.86 bits per heavy atom. The first-order chi connectivity index (χ1) is 6.54. The van der Waals surface area contributed by atoms with Crippen LogP contribution in [0.15, 0.2) is 6.20 Å². The van der Waals surface area contributed by atoms with Gasteiger partial charge in [0.2, 0.25) is 0 Å². The molecule has 5 heteroatoms. The quantitative estimate of drug-likeness (QED) is 0.616. The lowest BCUT2D eigenvalue weighted by Crippen LogP contribution is -2.12. The molecule has 0 spiro atoms. The highest BCUT2D eigenvalue weighted by molar-refractivity contribution is 9.08. The molecule has 78 valence electrons. The third kappa shape index (κ3) is 2.57. The summed E-state index contributed by atoms with van der Waals surface area (Å²) in [6, 6.07) is 0. The molecule has 0 atom stereocenters. The molecule has 0 aliphatic heterocycles. The van der Waals surface area contributed by atoms with E-state index in [2.05, 4.69) is 21.0 Å². The molecule has 0 unspecified atom stereocenters. The fraction of sp³-hybridized carbons (Fsp3) is 0.556. The Bertz CT molecular complexity index is 334. The van der Waals surface area contributed by atoms with Crippen LogP contribution in [0, 0.1) is 0 Å². The van der Waals surface area contributed by atoms with Crippen LogP contribution in [-0.4, -0.2) is 21.9 Å². The number of hydrogen-bond donors (Lipinski definition) is 0. The monoisotopic (exact) mass is 260 g/mol. The summed E-state index contributed by atoms with van der Waals surface area (Å²) in [6.45, 7) is 3.64. The van der Waals surface area contributed by atoms with Gasteiger partial charge in [-0.15, -0.1) is 0 Å². The Labute approximate surface area is 91.4 Å². The summed E-state index contributed by atoms with van der Waals surface area (Å²) in [4.78, 5) is 11.6. The molecule has 0 saturated carbocycles. The molecule has 0 saturated heterocycles. The van der Waals surface area contributed by atoms with Crippen LogP contribution >= 0.6 is 15.9 Å². The van der Waals surface area contributed by atoms with E-state index in [4.69, 9.17) is 4.74 Å². The molecule has 0 amide bonds. The predicted octanol–water partition coefficient (Wildman–Crippen LogP) is 1.88. The van der Waals surface area contributed by atoms with Gasteiger partial charge in [-0.2, -0.15) is 5.10 Å². The molecule has 4 nitrogen and oxygen atoms in total. The summed E-state index contributed by atoms with van der Waals surface area (Å²) in [5, 5.41) is 4.68. The van der Waals surface area contributed by atoms with Crippen molar-refractivity contribution in [1.82, 2.24) is 9.78 Å². The molecule has 1 aromatic rings. The van der Waals surface area contributed by atoms with Crippen LogP contribution < -0.4 is 0 Å². The molecule has 1 rings (SSSR count). The van der Waals surface area contributed by atoms with E-state index >= 15 is 0 Å². The van der Waals surface area contributed by atoms with E-state index in [1.165, 1.54) is 0 Å². The van der Waals surface area contributed by atoms with E-state index in [0.29, 0.717) is 16.6 Å². The Hall–Kier alpha value is -0.840. The second kappa shape index (κ2) is 4.59. The number of ether oxygens (including phenoxy) is 1. The van der Waals surface area contributed by atoms with Gasteiger partial charge in [0.15, 0.2) is 0 Å². The van der Waals surface area contributed by atoms with Gasteiger partial charge in [-0.25, -0.2) is 4.79 Å². The molecule has 0 bridgehead atoms. The molecule has 1 aromatic heterocycles. The number of rotatable bonds is 3. The molecule has 1 heterocycles. The van der Waals surface area contributed by atoms with Gasteiger partial charge in [0.05, 0.1) is 11.8 Å². The lowest BCUT2D eigenvalue weighted by molar-refractivity contribution is 0.0377. The smallest absolute Gasteiger partial charge is 0.341 e. The van der Waals surface area contributed by atoms with Gasteiger partial charge < -0.3 is 4.74 Å². The van der Waals surface area contributed by atoms with Crippen molar-refractivity contribution >= 4 is 21.9 Å². The minimum atomic E-state index is -0.317. The van der Waals surface area contributed by atoms with E-state index in [0.717, 1.165) is 0 Å². The van der Waals surface area contributed by atoms with Crippen LogP contribution in [0.25, 0.3) is 0 Å². The van der Waals surface area contributed by atoms with Crippen LogP contribution in [0.5, 0.6) is 0 Å². The van der Waals surface area contributed by atoms with Crippen LogP contribution in [0.2, 0.25) is 0 Å². The van der Waals surface area contributed by atoms with Crippen molar-refractivity contribution in [3.8, 4) is 0 Å². The molecule has 0 radical (unpaired) electrons. The van der Waals surface area contributed by atoms with Gasteiger partial charge in [0, 0.05) is 18.6 Å². The van der Waals surface area contributed by atoms with Crippen molar-refractivity contribution in [2.75, 3.05) is 0 Å². The fourth-order valence-corrected chi connectivity index (χ4v) is 1.50. The van der Waals surface area contributed by atoms with Gasteiger partial charge in [-0.1, -0.05) is 15.9 Å². The minimum absolute atomic E-state index is 0.106. The molecule has 0 N–H and O–H groups in total. The zero-order valence-corrected chi connectivity index (χ0v) is 10.0.